The predicted octanol–water partition coefficient (Wildman–Crippen LogP) is 3.55. The van der Waals surface area contributed by atoms with Crippen molar-refractivity contribution in [3.8, 4) is 11.1 Å². The molecular formula is C16H15N3. The van der Waals surface area contributed by atoms with Crippen LogP contribution in [-0.2, 0) is 0 Å². The lowest BCUT2D eigenvalue weighted by Crippen LogP contribution is -2.06. The van der Waals surface area contributed by atoms with Gasteiger partial charge in [0.25, 0.3) is 0 Å². The maximum absolute atomic E-state index is 4.18. The summed E-state index contributed by atoms with van der Waals surface area (Å²) >= 11 is 0. The first-order valence-electron chi connectivity index (χ1n) is 6.34. The fraction of sp³-hybridized carbons (Fsp3) is 0.125. The third kappa shape index (κ3) is 2.40. The Kier molecular flexibility index (Phi) is 3.11. The Morgan fingerprint density at radius 2 is 1.58 bits per heavy atom. The molecule has 0 saturated carbocycles. The standard InChI is InChI=1S/C16H15N3/c1-13(19-12-17-11-18-19)14-7-9-16(10-8-14)15-5-3-2-4-6-15/h2-13H,1H3. The first-order valence-corrected chi connectivity index (χ1v) is 6.34. The topological polar surface area (TPSA) is 30.7 Å². The van der Waals surface area contributed by atoms with Crippen LogP contribution in [0.1, 0.15) is 18.5 Å². The largest absolute Gasteiger partial charge is 0.246 e. The van der Waals surface area contributed by atoms with Gasteiger partial charge in [0.2, 0.25) is 0 Å². The van der Waals surface area contributed by atoms with E-state index in [2.05, 4.69) is 65.5 Å². The molecule has 0 aliphatic carbocycles. The molecule has 0 radical (unpaired) electrons. The van der Waals surface area contributed by atoms with Crippen LogP contribution in [0.15, 0.2) is 67.3 Å². The van der Waals surface area contributed by atoms with E-state index in [-0.39, 0.29) is 6.04 Å². The number of rotatable bonds is 3. The molecule has 3 rings (SSSR count). The summed E-state index contributed by atoms with van der Waals surface area (Å²) in [5.74, 6) is 0. The lowest BCUT2D eigenvalue weighted by Gasteiger charge is -2.12. The predicted molar refractivity (Wildman–Crippen MR) is 75.7 cm³/mol. The molecule has 1 unspecified atom stereocenters. The van der Waals surface area contributed by atoms with E-state index in [0.29, 0.717) is 0 Å². The Labute approximate surface area is 112 Å². The Morgan fingerprint density at radius 1 is 0.895 bits per heavy atom. The van der Waals surface area contributed by atoms with E-state index < -0.39 is 0 Å². The van der Waals surface area contributed by atoms with Gasteiger partial charge in [-0.3, -0.25) is 0 Å². The van der Waals surface area contributed by atoms with Crippen molar-refractivity contribution in [2.45, 2.75) is 13.0 Å². The van der Waals surface area contributed by atoms with Crippen LogP contribution in [-0.4, -0.2) is 14.8 Å². The maximum atomic E-state index is 4.18. The van der Waals surface area contributed by atoms with Gasteiger partial charge in [0.05, 0.1) is 6.04 Å². The second kappa shape index (κ2) is 5.06. The highest BCUT2D eigenvalue weighted by molar-refractivity contribution is 5.63. The zero-order valence-electron chi connectivity index (χ0n) is 10.8. The third-order valence-corrected chi connectivity index (χ3v) is 3.33. The molecule has 3 nitrogen and oxygen atoms in total. The monoisotopic (exact) mass is 249 g/mol. The number of hydrogen-bond donors (Lipinski definition) is 0. The lowest BCUT2D eigenvalue weighted by atomic mass is 10.0. The Hall–Kier alpha value is -2.42. The fourth-order valence-electron chi connectivity index (χ4n) is 2.15. The average molecular weight is 249 g/mol. The van der Waals surface area contributed by atoms with Crippen molar-refractivity contribution < 1.29 is 0 Å². The van der Waals surface area contributed by atoms with Gasteiger partial charge in [0, 0.05) is 0 Å². The number of aromatic nitrogens is 3. The van der Waals surface area contributed by atoms with Crippen LogP contribution in [0, 0.1) is 0 Å². The SMILES string of the molecule is CC(c1ccc(-c2ccccc2)cc1)n1cncn1. The van der Waals surface area contributed by atoms with E-state index in [9.17, 15) is 0 Å². The molecular weight excluding hydrogens is 234 g/mol. The smallest absolute Gasteiger partial charge is 0.137 e. The molecule has 0 saturated heterocycles. The van der Waals surface area contributed by atoms with Crippen molar-refractivity contribution in [3.63, 3.8) is 0 Å². The molecule has 1 aromatic heterocycles. The van der Waals surface area contributed by atoms with Gasteiger partial charge in [0.15, 0.2) is 0 Å². The summed E-state index contributed by atoms with van der Waals surface area (Å²) in [7, 11) is 0. The molecule has 0 aliphatic rings. The molecule has 0 bridgehead atoms. The van der Waals surface area contributed by atoms with Crippen LogP contribution >= 0.6 is 0 Å². The number of nitrogens with zero attached hydrogens (tertiary/aromatic N) is 3. The summed E-state index contributed by atoms with van der Waals surface area (Å²) in [6.45, 7) is 2.12. The van der Waals surface area contributed by atoms with Crippen LogP contribution < -0.4 is 0 Å². The van der Waals surface area contributed by atoms with Gasteiger partial charge >= 0.3 is 0 Å². The Morgan fingerprint density at radius 3 is 2.21 bits per heavy atom. The second-order valence-electron chi connectivity index (χ2n) is 4.54. The van der Waals surface area contributed by atoms with Crippen LogP contribution in [0.4, 0.5) is 0 Å². The lowest BCUT2D eigenvalue weighted by molar-refractivity contribution is 0.563. The highest BCUT2D eigenvalue weighted by Gasteiger charge is 2.08. The van der Waals surface area contributed by atoms with Crippen LogP contribution in [0.2, 0.25) is 0 Å². The Balaban J connectivity index is 1.87. The minimum absolute atomic E-state index is 0.201. The molecule has 0 amide bonds. The van der Waals surface area contributed by atoms with Gasteiger partial charge in [0.1, 0.15) is 12.7 Å². The fourth-order valence-corrected chi connectivity index (χ4v) is 2.15. The van der Waals surface area contributed by atoms with E-state index in [4.69, 9.17) is 0 Å². The van der Waals surface area contributed by atoms with E-state index in [1.165, 1.54) is 16.7 Å². The zero-order chi connectivity index (χ0) is 13.1. The highest BCUT2D eigenvalue weighted by Crippen LogP contribution is 2.22. The molecule has 3 aromatic rings. The van der Waals surface area contributed by atoms with Gasteiger partial charge in [-0.25, -0.2) is 9.67 Å². The van der Waals surface area contributed by atoms with Gasteiger partial charge in [-0.1, -0.05) is 54.6 Å². The van der Waals surface area contributed by atoms with Crippen molar-refractivity contribution in [1.82, 2.24) is 14.8 Å². The summed E-state index contributed by atoms with van der Waals surface area (Å²) in [6.07, 6.45) is 3.31. The minimum atomic E-state index is 0.201. The van der Waals surface area contributed by atoms with Crippen molar-refractivity contribution in [1.29, 1.82) is 0 Å². The molecule has 0 N–H and O–H groups in total. The summed E-state index contributed by atoms with van der Waals surface area (Å²) < 4.78 is 1.86. The van der Waals surface area contributed by atoms with Crippen LogP contribution in [0.3, 0.4) is 0 Å². The number of benzene rings is 2. The second-order valence-corrected chi connectivity index (χ2v) is 4.54. The van der Waals surface area contributed by atoms with Crippen LogP contribution in [0.25, 0.3) is 11.1 Å². The van der Waals surface area contributed by atoms with Crippen LogP contribution in [0.5, 0.6) is 0 Å². The molecule has 19 heavy (non-hydrogen) atoms. The normalized spacial score (nSPS) is 12.3. The molecule has 0 aliphatic heterocycles. The molecule has 1 atom stereocenters. The van der Waals surface area contributed by atoms with E-state index in [1.807, 2.05) is 10.7 Å². The summed E-state index contributed by atoms with van der Waals surface area (Å²) in [6, 6.07) is 19.2. The molecule has 2 aromatic carbocycles. The Bertz CT molecular complexity index is 628. The van der Waals surface area contributed by atoms with Gasteiger partial charge in [-0.15, -0.1) is 0 Å². The highest BCUT2D eigenvalue weighted by atomic mass is 15.3. The van der Waals surface area contributed by atoms with Gasteiger partial charge in [-0.2, -0.15) is 5.10 Å². The zero-order valence-corrected chi connectivity index (χ0v) is 10.8. The third-order valence-electron chi connectivity index (χ3n) is 3.33. The van der Waals surface area contributed by atoms with Crippen molar-refractivity contribution >= 4 is 0 Å². The first-order chi connectivity index (χ1) is 9.34. The van der Waals surface area contributed by atoms with Gasteiger partial charge < -0.3 is 0 Å². The van der Waals surface area contributed by atoms with E-state index in [1.54, 1.807) is 12.7 Å². The van der Waals surface area contributed by atoms with E-state index >= 15 is 0 Å². The summed E-state index contributed by atoms with van der Waals surface area (Å²) in [5, 5.41) is 4.18. The summed E-state index contributed by atoms with van der Waals surface area (Å²) in [4.78, 5) is 3.99. The van der Waals surface area contributed by atoms with E-state index in [0.717, 1.165) is 0 Å². The van der Waals surface area contributed by atoms with Crippen molar-refractivity contribution in [2.24, 2.45) is 0 Å². The molecule has 3 heteroatoms. The molecule has 0 fully saturated rings. The van der Waals surface area contributed by atoms with Crippen molar-refractivity contribution in [2.75, 3.05) is 0 Å². The van der Waals surface area contributed by atoms with Crippen molar-refractivity contribution in [3.05, 3.63) is 72.8 Å². The molecule has 1 heterocycles. The average Bonchev–Trinajstić information content (AvgIpc) is 3.02. The quantitative estimate of drug-likeness (QED) is 0.710. The number of hydrogen-bond acceptors (Lipinski definition) is 2. The molecule has 94 valence electrons. The van der Waals surface area contributed by atoms with Gasteiger partial charge in [-0.05, 0) is 23.6 Å². The molecule has 0 spiro atoms. The summed E-state index contributed by atoms with van der Waals surface area (Å²) in [5.41, 5.74) is 3.70. The minimum Gasteiger partial charge on any atom is -0.246 e. The maximum Gasteiger partial charge on any atom is 0.137 e. The first kappa shape index (κ1) is 11.7.